The zero-order valence-corrected chi connectivity index (χ0v) is 22.1. The van der Waals surface area contributed by atoms with Gasteiger partial charge in [0.05, 0.1) is 30.8 Å². The highest BCUT2D eigenvalue weighted by atomic mass is 32.2. The van der Waals surface area contributed by atoms with Crippen LogP contribution in [0.3, 0.4) is 0 Å². The standard InChI is InChI=1S/C24H24F3N3O6S2/c1-29(2)38(33,34)28-13-17-14-30(37(31,32)18-6-8-21(27)24(12-18)35-3)22-10-15(4-9-23(22)36-17)19-11-16(25)5-7-20(19)26/h4-12,17,28H,13-14H2,1-3H3/t17-/m0/s1. The predicted molar refractivity (Wildman–Crippen MR) is 134 cm³/mol. The van der Waals surface area contributed by atoms with Crippen LogP contribution in [0.5, 0.6) is 11.5 Å². The molecule has 0 spiro atoms. The number of benzene rings is 3. The lowest BCUT2D eigenvalue weighted by Crippen LogP contribution is -2.49. The van der Waals surface area contributed by atoms with Gasteiger partial charge < -0.3 is 9.47 Å². The smallest absolute Gasteiger partial charge is 0.279 e. The number of halogens is 3. The fourth-order valence-electron chi connectivity index (χ4n) is 3.79. The average Bonchev–Trinajstić information content (AvgIpc) is 2.88. The molecule has 0 aliphatic carbocycles. The van der Waals surface area contributed by atoms with Gasteiger partial charge >= 0.3 is 0 Å². The number of methoxy groups -OCH3 is 1. The third kappa shape index (κ3) is 5.43. The number of fused-ring (bicyclic) bond motifs is 1. The molecule has 0 bridgehead atoms. The van der Waals surface area contributed by atoms with Crippen LogP contribution in [0.2, 0.25) is 0 Å². The summed E-state index contributed by atoms with van der Waals surface area (Å²) in [6, 6.07) is 10.0. The van der Waals surface area contributed by atoms with Crippen molar-refractivity contribution >= 4 is 25.9 Å². The Morgan fingerprint density at radius 2 is 1.71 bits per heavy atom. The molecular weight excluding hydrogens is 547 g/mol. The van der Waals surface area contributed by atoms with E-state index in [1.54, 1.807) is 0 Å². The fourth-order valence-corrected chi connectivity index (χ4v) is 5.96. The molecule has 0 amide bonds. The second kappa shape index (κ2) is 10.4. The molecule has 0 fully saturated rings. The van der Waals surface area contributed by atoms with Gasteiger partial charge in [-0.2, -0.15) is 17.4 Å². The molecule has 9 nitrogen and oxygen atoms in total. The molecule has 1 aliphatic heterocycles. The summed E-state index contributed by atoms with van der Waals surface area (Å²) in [6.45, 7) is -0.626. The Balaban J connectivity index is 1.81. The number of nitrogens with one attached hydrogen (secondary N) is 1. The van der Waals surface area contributed by atoms with E-state index in [4.69, 9.17) is 9.47 Å². The fraction of sp³-hybridized carbons (Fsp3) is 0.250. The number of anilines is 1. The molecule has 3 aromatic rings. The molecule has 14 heteroatoms. The minimum absolute atomic E-state index is 0.00108. The van der Waals surface area contributed by atoms with Gasteiger partial charge in [-0.1, -0.05) is 6.07 Å². The van der Waals surface area contributed by atoms with E-state index in [0.29, 0.717) is 0 Å². The van der Waals surface area contributed by atoms with Crippen molar-refractivity contribution in [2.75, 3.05) is 38.6 Å². The van der Waals surface area contributed by atoms with Crippen LogP contribution in [0, 0.1) is 17.5 Å². The minimum atomic E-state index is -4.39. The number of sulfonamides is 1. The summed E-state index contributed by atoms with van der Waals surface area (Å²) in [4.78, 5) is -0.307. The van der Waals surface area contributed by atoms with E-state index in [2.05, 4.69) is 4.72 Å². The zero-order chi connectivity index (χ0) is 27.8. The van der Waals surface area contributed by atoms with Gasteiger partial charge in [0.15, 0.2) is 11.6 Å². The molecule has 1 aliphatic rings. The van der Waals surface area contributed by atoms with E-state index in [1.165, 1.54) is 39.4 Å². The van der Waals surface area contributed by atoms with Gasteiger partial charge in [-0.25, -0.2) is 21.6 Å². The van der Waals surface area contributed by atoms with E-state index < -0.39 is 43.8 Å². The van der Waals surface area contributed by atoms with E-state index in [0.717, 1.165) is 45.0 Å². The molecule has 0 radical (unpaired) electrons. The van der Waals surface area contributed by atoms with Gasteiger partial charge in [0.2, 0.25) is 0 Å². The zero-order valence-electron chi connectivity index (χ0n) is 20.5. The van der Waals surface area contributed by atoms with Crippen molar-refractivity contribution in [1.29, 1.82) is 0 Å². The molecule has 204 valence electrons. The number of rotatable bonds is 8. The van der Waals surface area contributed by atoms with Crippen molar-refractivity contribution in [1.82, 2.24) is 9.03 Å². The summed E-state index contributed by atoms with van der Waals surface area (Å²) in [5.41, 5.74) is 0.0728. The highest BCUT2D eigenvalue weighted by Crippen LogP contribution is 2.41. The Bertz CT molecular complexity index is 1580. The van der Waals surface area contributed by atoms with Gasteiger partial charge in [0.1, 0.15) is 23.5 Å². The summed E-state index contributed by atoms with van der Waals surface area (Å²) in [5.74, 6) is -2.43. The lowest BCUT2D eigenvalue weighted by Gasteiger charge is -2.36. The summed E-state index contributed by atoms with van der Waals surface area (Å²) >= 11 is 0. The van der Waals surface area contributed by atoms with Gasteiger partial charge in [-0.15, -0.1) is 0 Å². The number of nitrogens with zero attached hydrogens (tertiary/aromatic N) is 2. The maximum atomic E-state index is 14.5. The Morgan fingerprint density at radius 1 is 1.00 bits per heavy atom. The Hall–Kier alpha value is -3.33. The Kier molecular flexibility index (Phi) is 7.61. The van der Waals surface area contributed by atoms with Crippen LogP contribution in [0.1, 0.15) is 0 Å². The number of hydrogen-bond donors (Lipinski definition) is 1. The van der Waals surface area contributed by atoms with Crippen molar-refractivity contribution in [3.8, 4) is 22.6 Å². The summed E-state index contributed by atoms with van der Waals surface area (Å²) in [7, 11) is -4.40. The predicted octanol–water partition coefficient (Wildman–Crippen LogP) is 3.13. The first-order valence-corrected chi connectivity index (χ1v) is 14.0. The third-order valence-corrected chi connectivity index (χ3v) is 9.08. The van der Waals surface area contributed by atoms with Gasteiger partial charge in [0, 0.05) is 25.7 Å². The summed E-state index contributed by atoms with van der Waals surface area (Å²) < 4.78 is 109. The van der Waals surface area contributed by atoms with Crippen molar-refractivity contribution < 1.29 is 39.5 Å². The molecule has 0 aromatic heterocycles. The first kappa shape index (κ1) is 27.7. The van der Waals surface area contributed by atoms with Crippen molar-refractivity contribution in [3.63, 3.8) is 0 Å². The number of hydrogen-bond acceptors (Lipinski definition) is 6. The van der Waals surface area contributed by atoms with Crippen LogP contribution in [-0.4, -0.2) is 61.5 Å². The molecule has 0 saturated heterocycles. The maximum Gasteiger partial charge on any atom is 0.279 e. The van der Waals surface area contributed by atoms with E-state index in [9.17, 15) is 30.0 Å². The van der Waals surface area contributed by atoms with E-state index in [1.807, 2.05) is 0 Å². The van der Waals surface area contributed by atoms with Gasteiger partial charge in [0.25, 0.3) is 20.2 Å². The average molecular weight is 572 g/mol. The van der Waals surface area contributed by atoms with E-state index in [-0.39, 0.29) is 46.3 Å². The third-order valence-electron chi connectivity index (χ3n) is 5.81. The molecule has 1 heterocycles. The quantitative estimate of drug-likeness (QED) is 0.446. The lowest BCUT2D eigenvalue weighted by atomic mass is 10.0. The highest BCUT2D eigenvalue weighted by molar-refractivity contribution is 7.92. The Labute approximate surface area is 218 Å². The largest absolute Gasteiger partial charge is 0.494 e. The molecule has 1 atom stereocenters. The van der Waals surface area contributed by atoms with Gasteiger partial charge in [-0.05, 0) is 48.0 Å². The normalized spacial score (nSPS) is 15.8. The van der Waals surface area contributed by atoms with Crippen LogP contribution in [0.4, 0.5) is 18.9 Å². The maximum absolute atomic E-state index is 14.5. The number of ether oxygens (including phenoxy) is 2. The molecule has 4 rings (SSSR count). The second-order valence-corrected chi connectivity index (χ2v) is 12.3. The first-order chi connectivity index (χ1) is 17.8. The molecule has 3 aromatic carbocycles. The van der Waals surface area contributed by atoms with Crippen molar-refractivity contribution in [3.05, 3.63) is 72.0 Å². The Morgan fingerprint density at radius 3 is 2.39 bits per heavy atom. The van der Waals surface area contributed by atoms with Crippen molar-refractivity contribution in [2.45, 2.75) is 11.0 Å². The van der Waals surface area contributed by atoms with Crippen LogP contribution in [0.15, 0.2) is 59.5 Å². The second-order valence-electron chi connectivity index (χ2n) is 8.51. The summed E-state index contributed by atoms with van der Waals surface area (Å²) in [6.07, 6.45) is -0.967. The minimum Gasteiger partial charge on any atom is -0.494 e. The molecular formula is C24H24F3N3O6S2. The molecule has 0 saturated carbocycles. The SMILES string of the molecule is COc1cc(S(=O)(=O)N2C[C@H](CNS(=O)(=O)N(C)C)Oc3ccc(-c4cc(F)ccc4F)cc32)ccc1F. The lowest BCUT2D eigenvalue weighted by molar-refractivity contribution is 0.202. The summed E-state index contributed by atoms with van der Waals surface area (Å²) in [5, 5.41) is 0. The van der Waals surface area contributed by atoms with Crippen LogP contribution >= 0.6 is 0 Å². The molecule has 0 unspecified atom stereocenters. The first-order valence-electron chi connectivity index (χ1n) is 11.1. The van der Waals surface area contributed by atoms with E-state index >= 15 is 0 Å². The highest BCUT2D eigenvalue weighted by Gasteiger charge is 2.36. The van der Waals surface area contributed by atoms with Crippen LogP contribution in [-0.2, 0) is 20.2 Å². The topological polar surface area (TPSA) is 105 Å². The van der Waals surface area contributed by atoms with Gasteiger partial charge in [-0.3, -0.25) is 4.31 Å². The van der Waals surface area contributed by atoms with Crippen LogP contribution in [0.25, 0.3) is 11.1 Å². The van der Waals surface area contributed by atoms with Crippen molar-refractivity contribution in [2.24, 2.45) is 0 Å². The molecule has 38 heavy (non-hydrogen) atoms. The van der Waals surface area contributed by atoms with Crippen LogP contribution < -0.4 is 18.5 Å². The monoisotopic (exact) mass is 571 g/mol. The molecule has 1 N–H and O–H groups in total.